The summed E-state index contributed by atoms with van der Waals surface area (Å²) in [6.07, 6.45) is -0.0705. The van der Waals surface area contributed by atoms with Crippen molar-refractivity contribution < 1.29 is 14.3 Å². The van der Waals surface area contributed by atoms with E-state index in [9.17, 15) is 14.7 Å². The lowest BCUT2D eigenvalue weighted by molar-refractivity contribution is -0.120. The SMILES string of the molecule is CC(O)(CC(=O)Nc1ccc2oc(=O)ccc2c1)c1ccccc1. The third-order valence-corrected chi connectivity index (χ3v) is 3.80. The Balaban J connectivity index is 1.75. The Morgan fingerprint density at radius 1 is 1.12 bits per heavy atom. The predicted molar refractivity (Wildman–Crippen MR) is 91.7 cm³/mol. The maximum absolute atomic E-state index is 12.2. The Hall–Kier alpha value is -2.92. The highest BCUT2D eigenvalue weighted by atomic mass is 16.4. The van der Waals surface area contributed by atoms with Crippen molar-refractivity contribution in [2.45, 2.75) is 18.9 Å². The molecule has 5 nitrogen and oxygen atoms in total. The molecule has 0 bridgehead atoms. The summed E-state index contributed by atoms with van der Waals surface area (Å²) >= 11 is 0. The van der Waals surface area contributed by atoms with Crippen LogP contribution in [0.25, 0.3) is 11.0 Å². The lowest BCUT2D eigenvalue weighted by atomic mass is 9.92. The third kappa shape index (κ3) is 3.52. The van der Waals surface area contributed by atoms with Crippen molar-refractivity contribution in [3.05, 3.63) is 76.6 Å². The normalized spacial score (nSPS) is 13.4. The molecule has 0 aliphatic rings. The fourth-order valence-corrected chi connectivity index (χ4v) is 2.57. The van der Waals surface area contributed by atoms with Crippen LogP contribution in [0.5, 0.6) is 0 Å². The van der Waals surface area contributed by atoms with Crippen LogP contribution >= 0.6 is 0 Å². The van der Waals surface area contributed by atoms with Crippen molar-refractivity contribution in [2.75, 3.05) is 5.32 Å². The number of aliphatic hydroxyl groups is 1. The van der Waals surface area contributed by atoms with Crippen molar-refractivity contribution in [1.29, 1.82) is 0 Å². The van der Waals surface area contributed by atoms with Crippen molar-refractivity contribution in [2.24, 2.45) is 0 Å². The summed E-state index contributed by atoms with van der Waals surface area (Å²) in [5.41, 5.74) is 0.0373. The quantitative estimate of drug-likeness (QED) is 0.723. The number of amides is 1. The van der Waals surface area contributed by atoms with Gasteiger partial charge in [-0.25, -0.2) is 4.79 Å². The molecule has 1 unspecified atom stereocenters. The zero-order chi connectivity index (χ0) is 17.2. The van der Waals surface area contributed by atoms with Gasteiger partial charge in [0, 0.05) is 17.1 Å². The lowest BCUT2D eigenvalue weighted by Gasteiger charge is -2.23. The zero-order valence-corrected chi connectivity index (χ0v) is 13.2. The molecule has 0 radical (unpaired) electrons. The van der Waals surface area contributed by atoms with Gasteiger partial charge in [0.05, 0.1) is 12.0 Å². The van der Waals surface area contributed by atoms with Crippen LogP contribution in [0.2, 0.25) is 0 Å². The number of carbonyl (C=O) groups excluding carboxylic acids is 1. The minimum Gasteiger partial charge on any atom is -0.423 e. The number of hydrogen-bond donors (Lipinski definition) is 2. The summed E-state index contributed by atoms with van der Waals surface area (Å²) in [4.78, 5) is 23.4. The Bertz CT molecular complexity index is 929. The average molecular weight is 323 g/mol. The number of anilines is 1. The first-order valence-electron chi connectivity index (χ1n) is 7.56. The van der Waals surface area contributed by atoms with E-state index in [2.05, 4.69) is 5.32 Å². The van der Waals surface area contributed by atoms with Gasteiger partial charge in [0.1, 0.15) is 5.58 Å². The fraction of sp³-hybridized carbons (Fsp3) is 0.158. The maximum Gasteiger partial charge on any atom is 0.336 e. The minimum atomic E-state index is -1.25. The first-order chi connectivity index (χ1) is 11.4. The Labute approximate surface area is 138 Å². The van der Waals surface area contributed by atoms with Crippen molar-refractivity contribution >= 4 is 22.6 Å². The van der Waals surface area contributed by atoms with Crippen LogP contribution in [0.15, 0.2) is 69.9 Å². The smallest absolute Gasteiger partial charge is 0.336 e. The number of fused-ring (bicyclic) bond motifs is 1. The van der Waals surface area contributed by atoms with Crippen LogP contribution in [0.3, 0.4) is 0 Å². The molecule has 1 atom stereocenters. The molecule has 3 rings (SSSR count). The molecule has 0 aliphatic carbocycles. The molecule has 0 aliphatic heterocycles. The van der Waals surface area contributed by atoms with E-state index in [4.69, 9.17) is 4.42 Å². The van der Waals surface area contributed by atoms with Crippen molar-refractivity contribution in [3.8, 4) is 0 Å². The second kappa shape index (κ2) is 6.29. The maximum atomic E-state index is 12.2. The summed E-state index contributed by atoms with van der Waals surface area (Å²) in [7, 11) is 0. The van der Waals surface area contributed by atoms with E-state index in [1.807, 2.05) is 18.2 Å². The van der Waals surface area contributed by atoms with Crippen LogP contribution < -0.4 is 10.9 Å². The fourth-order valence-electron chi connectivity index (χ4n) is 2.57. The number of carbonyl (C=O) groups is 1. The first-order valence-corrected chi connectivity index (χ1v) is 7.56. The van der Waals surface area contributed by atoms with E-state index < -0.39 is 11.2 Å². The van der Waals surface area contributed by atoms with Crippen LogP contribution in [-0.2, 0) is 10.4 Å². The minimum absolute atomic E-state index is 0.0705. The summed E-state index contributed by atoms with van der Waals surface area (Å²) in [6.45, 7) is 1.61. The Kier molecular flexibility index (Phi) is 4.18. The van der Waals surface area contributed by atoms with E-state index in [-0.39, 0.29) is 12.3 Å². The van der Waals surface area contributed by atoms with Gasteiger partial charge in [-0.05, 0) is 36.8 Å². The van der Waals surface area contributed by atoms with E-state index in [1.54, 1.807) is 43.3 Å². The number of benzene rings is 2. The second-order valence-electron chi connectivity index (χ2n) is 5.87. The molecule has 2 aromatic carbocycles. The van der Waals surface area contributed by atoms with E-state index in [1.165, 1.54) is 6.07 Å². The standard InChI is InChI=1S/C19H17NO4/c1-19(23,14-5-3-2-4-6-14)12-17(21)20-15-8-9-16-13(11-15)7-10-18(22)24-16/h2-11,23H,12H2,1H3,(H,20,21). The first kappa shape index (κ1) is 16.0. The second-order valence-corrected chi connectivity index (χ2v) is 5.87. The number of rotatable bonds is 4. The topological polar surface area (TPSA) is 79.5 Å². The molecule has 1 heterocycles. The van der Waals surface area contributed by atoms with Gasteiger partial charge in [-0.3, -0.25) is 4.79 Å². The monoisotopic (exact) mass is 323 g/mol. The van der Waals surface area contributed by atoms with Crippen LogP contribution in [-0.4, -0.2) is 11.0 Å². The molecule has 1 amide bonds. The van der Waals surface area contributed by atoms with Crippen LogP contribution in [0.1, 0.15) is 18.9 Å². The summed E-state index contributed by atoms with van der Waals surface area (Å²) < 4.78 is 5.05. The molecule has 0 fully saturated rings. The molecule has 122 valence electrons. The third-order valence-electron chi connectivity index (χ3n) is 3.80. The molecule has 0 saturated carbocycles. The van der Waals surface area contributed by atoms with Gasteiger partial charge >= 0.3 is 5.63 Å². The molecule has 5 heteroatoms. The molecule has 0 spiro atoms. The van der Waals surface area contributed by atoms with Gasteiger partial charge in [0.2, 0.25) is 5.91 Å². The van der Waals surface area contributed by atoms with Crippen molar-refractivity contribution in [1.82, 2.24) is 0 Å². The molecule has 0 saturated heterocycles. The van der Waals surface area contributed by atoms with E-state index >= 15 is 0 Å². The van der Waals surface area contributed by atoms with E-state index in [0.717, 1.165) is 0 Å². The lowest BCUT2D eigenvalue weighted by Crippen LogP contribution is -2.28. The van der Waals surface area contributed by atoms with E-state index in [0.29, 0.717) is 22.2 Å². The highest BCUT2D eigenvalue weighted by molar-refractivity contribution is 5.93. The van der Waals surface area contributed by atoms with Gasteiger partial charge in [0.25, 0.3) is 0 Å². The van der Waals surface area contributed by atoms with Crippen LogP contribution in [0, 0.1) is 0 Å². The van der Waals surface area contributed by atoms with Gasteiger partial charge in [-0.2, -0.15) is 0 Å². The summed E-state index contributed by atoms with van der Waals surface area (Å²) in [5, 5.41) is 14.0. The Morgan fingerprint density at radius 3 is 2.62 bits per heavy atom. The van der Waals surface area contributed by atoms with Crippen LogP contribution in [0.4, 0.5) is 5.69 Å². The van der Waals surface area contributed by atoms with Crippen molar-refractivity contribution in [3.63, 3.8) is 0 Å². The highest BCUT2D eigenvalue weighted by Gasteiger charge is 2.26. The highest BCUT2D eigenvalue weighted by Crippen LogP contribution is 2.25. The summed E-state index contributed by atoms with van der Waals surface area (Å²) in [5.74, 6) is -0.305. The largest absolute Gasteiger partial charge is 0.423 e. The molecular formula is C19H17NO4. The molecule has 1 aromatic heterocycles. The van der Waals surface area contributed by atoms with Gasteiger partial charge < -0.3 is 14.8 Å². The van der Waals surface area contributed by atoms with Gasteiger partial charge in [-0.15, -0.1) is 0 Å². The van der Waals surface area contributed by atoms with Gasteiger partial charge in [-0.1, -0.05) is 30.3 Å². The molecule has 24 heavy (non-hydrogen) atoms. The Morgan fingerprint density at radius 2 is 1.88 bits per heavy atom. The number of nitrogens with one attached hydrogen (secondary N) is 1. The zero-order valence-electron chi connectivity index (χ0n) is 13.2. The summed E-state index contributed by atoms with van der Waals surface area (Å²) in [6, 6.07) is 17.0. The average Bonchev–Trinajstić information content (AvgIpc) is 2.55. The van der Waals surface area contributed by atoms with Gasteiger partial charge in [0.15, 0.2) is 0 Å². The molecular weight excluding hydrogens is 306 g/mol. The number of hydrogen-bond acceptors (Lipinski definition) is 4. The molecule has 3 aromatic rings. The molecule has 2 N–H and O–H groups in total. The predicted octanol–water partition coefficient (Wildman–Crippen LogP) is 3.03.